The van der Waals surface area contributed by atoms with E-state index in [9.17, 15) is 14.4 Å². The van der Waals surface area contributed by atoms with Crippen molar-refractivity contribution in [3.63, 3.8) is 0 Å². The van der Waals surface area contributed by atoms with Gasteiger partial charge in [-0.15, -0.1) is 0 Å². The van der Waals surface area contributed by atoms with Gasteiger partial charge in [-0.3, -0.25) is 0 Å². The van der Waals surface area contributed by atoms with Crippen LogP contribution in [0.4, 0.5) is 0 Å². The first kappa shape index (κ1) is 31.6. The lowest BCUT2D eigenvalue weighted by Gasteiger charge is -1.80. The van der Waals surface area contributed by atoms with Crippen molar-refractivity contribution in [1.29, 1.82) is 0 Å². The molecule has 0 unspecified atom stereocenters. The van der Waals surface area contributed by atoms with Crippen molar-refractivity contribution in [3.8, 4) is 0 Å². The number of carbonyl (C=O) groups excluding carboxylic acids is 5. The van der Waals surface area contributed by atoms with Gasteiger partial charge in [-0.1, -0.05) is 20.8 Å². The molecule has 21 heavy (non-hydrogen) atoms. The number of Topliss-reactive ketones (excluding diaryl/α,β-unsaturated/α-hetero) is 3. The summed E-state index contributed by atoms with van der Waals surface area (Å²) in [7, 11) is 0. The van der Waals surface area contributed by atoms with Crippen LogP contribution < -0.4 is 0 Å². The van der Waals surface area contributed by atoms with Gasteiger partial charge in [0.15, 0.2) is 0 Å². The van der Waals surface area contributed by atoms with Gasteiger partial charge in [-0.25, -0.2) is 0 Å². The minimum Gasteiger partial charge on any atom is -0.307 e. The van der Waals surface area contributed by atoms with E-state index in [1.54, 1.807) is 20.8 Å². The third-order valence-corrected chi connectivity index (χ3v) is 1.70. The zero-order valence-corrected chi connectivity index (χ0v) is 14.5. The van der Waals surface area contributed by atoms with Crippen molar-refractivity contribution < 1.29 is 24.0 Å². The summed E-state index contributed by atoms with van der Waals surface area (Å²) in [5, 5.41) is 0. The predicted octanol–water partition coefficient (Wildman–Crippen LogP) is 3.37. The van der Waals surface area contributed by atoms with Gasteiger partial charge in [0.25, 0.3) is 0 Å². The van der Waals surface area contributed by atoms with Crippen molar-refractivity contribution in [2.45, 2.75) is 73.6 Å². The van der Waals surface area contributed by atoms with Gasteiger partial charge in [0.2, 0.25) is 0 Å². The number of carbonyl (C=O) groups is 5. The van der Waals surface area contributed by atoms with E-state index < -0.39 is 0 Å². The lowest BCUT2D eigenvalue weighted by atomic mass is 10.3. The predicted molar refractivity (Wildman–Crippen MR) is 86.4 cm³/mol. The van der Waals surface area contributed by atoms with Gasteiger partial charge < -0.3 is 24.0 Å². The van der Waals surface area contributed by atoms with Crippen molar-refractivity contribution in [2.24, 2.45) is 0 Å². The second-order valence-corrected chi connectivity index (χ2v) is 3.96. The van der Waals surface area contributed by atoms with E-state index in [4.69, 9.17) is 9.59 Å². The Morgan fingerprint density at radius 1 is 0.619 bits per heavy atom. The second-order valence-electron chi connectivity index (χ2n) is 3.96. The topological polar surface area (TPSA) is 85.3 Å². The van der Waals surface area contributed by atoms with Crippen LogP contribution >= 0.6 is 0 Å². The Bertz CT molecular complexity index is 219. The highest BCUT2D eigenvalue weighted by molar-refractivity contribution is 5.75. The molecule has 0 spiro atoms. The minimum atomic E-state index is 0.255. The Morgan fingerprint density at radius 3 is 0.810 bits per heavy atom. The molecule has 0 rings (SSSR count). The molecule has 0 saturated heterocycles. The Kier molecular flexibility index (Phi) is 54.6. The summed E-state index contributed by atoms with van der Waals surface area (Å²) in [4.78, 5) is 45.9. The smallest absolute Gasteiger partial charge is 0.129 e. The van der Waals surface area contributed by atoms with E-state index in [0.29, 0.717) is 6.42 Å². The lowest BCUT2D eigenvalue weighted by molar-refractivity contribution is -0.117. The van der Waals surface area contributed by atoms with E-state index in [-0.39, 0.29) is 17.3 Å². The van der Waals surface area contributed by atoms with Crippen molar-refractivity contribution in [2.75, 3.05) is 0 Å². The highest BCUT2D eigenvalue weighted by Crippen LogP contribution is 1.84. The number of ketones is 3. The Balaban J connectivity index is -0.0000000545. The van der Waals surface area contributed by atoms with Crippen LogP contribution in [0.2, 0.25) is 0 Å². The lowest BCUT2D eigenvalue weighted by Crippen LogP contribution is -1.84. The van der Waals surface area contributed by atoms with Gasteiger partial charge in [0.05, 0.1) is 0 Å². The van der Waals surface area contributed by atoms with E-state index in [1.807, 2.05) is 34.3 Å². The molecule has 0 bridgehead atoms. The standard InChI is InChI=1S/2C5H10O.C4H8O.2CH2O/c2*1-3-4-5(2)6;1-3-4(2)5;2*1-2/h2*3-4H2,1-2H3;3H2,1-2H3;2*1H2. The molecule has 0 atom stereocenters. The van der Waals surface area contributed by atoms with Crippen molar-refractivity contribution >= 4 is 30.9 Å². The molecule has 0 aliphatic rings. The molecule has 0 aliphatic heterocycles. The molecule has 5 heteroatoms. The van der Waals surface area contributed by atoms with Crippen LogP contribution in [0.1, 0.15) is 73.6 Å². The zero-order chi connectivity index (χ0) is 18.3. The fourth-order valence-electron chi connectivity index (χ4n) is 0.704. The molecule has 0 fully saturated rings. The average Bonchev–Trinajstić information content (AvgIpc) is 2.44. The zero-order valence-electron chi connectivity index (χ0n) is 14.5. The summed E-state index contributed by atoms with van der Waals surface area (Å²) in [6.07, 6.45) is 4.10. The third kappa shape index (κ3) is 122. The number of rotatable bonds is 5. The maximum Gasteiger partial charge on any atom is 0.129 e. The molecule has 0 saturated carbocycles. The third-order valence-electron chi connectivity index (χ3n) is 1.70. The maximum absolute atomic E-state index is 10.0. The van der Waals surface area contributed by atoms with Crippen LogP contribution in [0.3, 0.4) is 0 Å². The molecule has 0 aromatic heterocycles. The molecule has 0 N–H and O–H groups in total. The fraction of sp³-hybridized carbons (Fsp3) is 0.688. The Morgan fingerprint density at radius 2 is 0.810 bits per heavy atom. The van der Waals surface area contributed by atoms with Crippen LogP contribution in [0, 0.1) is 0 Å². The summed E-state index contributed by atoms with van der Waals surface area (Å²) < 4.78 is 0. The van der Waals surface area contributed by atoms with Gasteiger partial charge in [-0.2, -0.15) is 0 Å². The van der Waals surface area contributed by atoms with Gasteiger partial charge >= 0.3 is 0 Å². The summed E-state index contributed by atoms with van der Waals surface area (Å²) in [6, 6.07) is 0. The quantitative estimate of drug-likeness (QED) is 0.777. The minimum absolute atomic E-state index is 0.255. The van der Waals surface area contributed by atoms with Crippen LogP contribution in [-0.2, 0) is 24.0 Å². The van der Waals surface area contributed by atoms with Crippen LogP contribution in [0.15, 0.2) is 0 Å². The first-order chi connectivity index (χ1) is 9.81. The van der Waals surface area contributed by atoms with Crippen molar-refractivity contribution in [1.82, 2.24) is 0 Å². The molecule has 0 aromatic rings. The molecular formula is C16H32O5. The van der Waals surface area contributed by atoms with E-state index in [0.717, 1.165) is 25.7 Å². The largest absolute Gasteiger partial charge is 0.307 e. The molecule has 0 heterocycles. The van der Waals surface area contributed by atoms with Crippen molar-refractivity contribution in [3.05, 3.63) is 0 Å². The molecule has 0 aromatic carbocycles. The molecule has 0 radical (unpaired) electrons. The van der Waals surface area contributed by atoms with Gasteiger partial charge in [0, 0.05) is 19.3 Å². The fourth-order valence-corrected chi connectivity index (χ4v) is 0.704. The van der Waals surface area contributed by atoms with Gasteiger partial charge in [0.1, 0.15) is 30.9 Å². The average molecular weight is 304 g/mol. The monoisotopic (exact) mass is 304 g/mol. The molecule has 0 aliphatic carbocycles. The van der Waals surface area contributed by atoms with Crippen LogP contribution in [0.25, 0.3) is 0 Å². The summed E-state index contributed by atoms with van der Waals surface area (Å²) in [5.41, 5.74) is 0. The molecular weight excluding hydrogens is 272 g/mol. The first-order valence-corrected chi connectivity index (χ1v) is 6.87. The number of hydrogen-bond acceptors (Lipinski definition) is 5. The summed E-state index contributed by atoms with van der Waals surface area (Å²) in [6.45, 7) is 14.7. The Hall–Kier alpha value is -1.65. The van der Waals surface area contributed by atoms with Crippen LogP contribution in [0.5, 0.6) is 0 Å². The van der Waals surface area contributed by atoms with Crippen LogP contribution in [-0.4, -0.2) is 30.9 Å². The second kappa shape index (κ2) is 36.2. The summed E-state index contributed by atoms with van der Waals surface area (Å²) >= 11 is 0. The highest BCUT2D eigenvalue weighted by atomic mass is 16.1. The maximum atomic E-state index is 10.0. The highest BCUT2D eigenvalue weighted by Gasteiger charge is 1.84. The van der Waals surface area contributed by atoms with E-state index in [1.165, 1.54) is 0 Å². The van der Waals surface area contributed by atoms with Gasteiger partial charge in [-0.05, 0) is 33.6 Å². The number of hydrogen-bond donors (Lipinski definition) is 0. The van der Waals surface area contributed by atoms with E-state index in [2.05, 4.69) is 0 Å². The summed E-state index contributed by atoms with van der Waals surface area (Å²) in [5.74, 6) is 0.833. The molecule has 0 amide bonds. The normalized spacial score (nSPS) is 6.95. The first-order valence-electron chi connectivity index (χ1n) is 6.87. The molecule has 5 nitrogen and oxygen atoms in total. The SMILES string of the molecule is C=O.C=O.CCC(C)=O.CCCC(C)=O.CCCC(C)=O. The van der Waals surface area contributed by atoms with E-state index >= 15 is 0 Å². The molecule has 126 valence electrons. The Labute approximate surface area is 129 Å².